The monoisotopic (exact) mass is 350 g/mol. The number of hydrogen-bond donors (Lipinski definition) is 0. The van der Waals surface area contributed by atoms with Gasteiger partial charge in [-0.2, -0.15) is 4.98 Å². The van der Waals surface area contributed by atoms with Gasteiger partial charge in [-0.15, -0.1) is 0 Å². The predicted octanol–water partition coefficient (Wildman–Crippen LogP) is 3.31. The smallest absolute Gasteiger partial charge is 0.270 e. The highest BCUT2D eigenvalue weighted by molar-refractivity contribution is 5.93. The van der Waals surface area contributed by atoms with E-state index in [2.05, 4.69) is 10.1 Å². The molecular formula is C20H22N4O2. The van der Waals surface area contributed by atoms with Crippen molar-refractivity contribution in [2.75, 3.05) is 6.54 Å². The van der Waals surface area contributed by atoms with Crippen LogP contribution in [-0.2, 0) is 13.5 Å². The first-order valence-corrected chi connectivity index (χ1v) is 9.02. The average molecular weight is 350 g/mol. The fourth-order valence-electron chi connectivity index (χ4n) is 3.58. The lowest BCUT2D eigenvalue weighted by atomic mass is 10.1. The van der Waals surface area contributed by atoms with Gasteiger partial charge in [0.05, 0.1) is 0 Å². The summed E-state index contributed by atoms with van der Waals surface area (Å²) in [6, 6.07) is 13.8. The third kappa shape index (κ3) is 3.27. The molecule has 1 atom stereocenters. The van der Waals surface area contributed by atoms with E-state index in [1.807, 2.05) is 65.2 Å². The molecule has 4 rings (SSSR count). The Morgan fingerprint density at radius 2 is 2.08 bits per heavy atom. The van der Waals surface area contributed by atoms with Crippen LogP contribution in [0.1, 0.15) is 35.6 Å². The zero-order valence-corrected chi connectivity index (χ0v) is 14.8. The van der Waals surface area contributed by atoms with E-state index in [4.69, 9.17) is 4.52 Å². The van der Waals surface area contributed by atoms with Crippen LogP contribution in [0.25, 0.3) is 11.5 Å². The highest BCUT2D eigenvalue weighted by Gasteiger charge is 2.30. The van der Waals surface area contributed by atoms with E-state index >= 15 is 0 Å². The molecule has 2 aromatic heterocycles. The summed E-state index contributed by atoms with van der Waals surface area (Å²) >= 11 is 0. The Morgan fingerprint density at radius 3 is 2.85 bits per heavy atom. The van der Waals surface area contributed by atoms with Crippen molar-refractivity contribution in [3.8, 4) is 11.5 Å². The minimum absolute atomic E-state index is 0.109. The molecule has 1 fully saturated rings. The number of benzene rings is 1. The Bertz CT molecular complexity index is 884. The minimum Gasteiger partial charge on any atom is -0.347 e. The topological polar surface area (TPSA) is 64.2 Å². The van der Waals surface area contributed by atoms with Gasteiger partial charge >= 0.3 is 0 Å². The summed E-state index contributed by atoms with van der Waals surface area (Å²) in [5.74, 6) is 1.35. The van der Waals surface area contributed by atoms with Gasteiger partial charge in [0, 0.05) is 37.8 Å². The number of nitrogens with zero attached hydrogens (tertiary/aromatic N) is 4. The molecule has 6 heteroatoms. The Morgan fingerprint density at radius 1 is 1.23 bits per heavy atom. The highest BCUT2D eigenvalue weighted by Crippen LogP contribution is 2.24. The van der Waals surface area contributed by atoms with Gasteiger partial charge in [-0.25, -0.2) is 0 Å². The molecule has 0 spiro atoms. The van der Waals surface area contributed by atoms with Crippen molar-refractivity contribution >= 4 is 5.91 Å². The largest absolute Gasteiger partial charge is 0.347 e. The molecule has 1 aliphatic heterocycles. The van der Waals surface area contributed by atoms with E-state index in [0.29, 0.717) is 18.1 Å². The number of rotatable bonds is 5. The fourth-order valence-corrected chi connectivity index (χ4v) is 3.58. The van der Waals surface area contributed by atoms with E-state index in [0.717, 1.165) is 37.1 Å². The summed E-state index contributed by atoms with van der Waals surface area (Å²) < 4.78 is 7.25. The van der Waals surface area contributed by atoms with E-state index in [1.165, 1.54) is 0 Å². The Kier molecular flexibility index (Phi) is 4.56. The Hall–Kier alpha value is -2.89. The van der Waals surface area contributed by atoms with Crippen LogP contribution in [0.2, 0.25) is 0 Å². The number of aryl methyl sites for hydroxylation is 2. The molecule has 1 amide bonds. The van der Waals surface area contributed by atoms with Gasteiger partial charge in [0.1, 0.15) is 5.69 Å². The van der Waals surface area contributed by atoms with Crippen LogP contribution in [0.15, 0.2) is 53.2 Å². The molecule has 0 radical (unpaired) electrons. The number of amides is 1. The normalized spacial score (nSPS) is 17.0. The third-order valence-electron chi connectivity index (χ3n) is 4.99. The number of aromatic nitrogens is 3. The van der Waals surface area contributed by atoms with Gasteiger partial charge in [0.2, 0.25) is 0 Å². The molecule has 0 aliphatic carbocycles. The zero-order chi connectivity index (χ0) is 17.9. The molecule has 0 saturated carbocycles. The molecule has 0 N–H and O–H groups in total. The lowest BCUT2D eigenvalue weighted by Gasteiger charge is -2.24. The third-order valence-corrected chi connectivity index (χ3v) is 4.99. The summed E-state index contributed by atoms with van der Waals surface area (Å²) in [6.07, 6.45) is 5.53. The van der Waals surface area contributed by atoms with Crippen LogP contribution >= 0.6 is 0 Å². The summed E-state index contributed by atoms with van der Waals surface area (Å²) in [5, 5.41) is 4.09. The van der Waals surface area contributed by atoms with Gasteiger partial charge in [-0.1, -0.05) is 23.4 Å². The van der Waals surface area contributed by atoms with Gasteiger partial charge in [0.25, 0.3) is 11.8 Å². The molecule has 0 bridgehead atoms. The van der Waals surface area contributed by atoms with Crippen molar-refractivity contribution in [2.45, 2.75) is 31.7 Å². The number of likely N-dealkylation sites (tertiary alicyclic amines) is 1. The maximum absolute atomic E-state index is 12.8. The first kappa shape index (κ1) is 16.6. The first-order chi connectivity index (χ1) is 12.7. The molecule has 134 valence electrons. The summed E-state index contributed by atoms with van der Waals surface area (Å²) in [6.45, 7) is 0.816. The lowest BCUT2D eigenvalue weighted by Crippen LogP contribution is -2.36. The average Bonchev–Trinajstić information content (AvgIpc) is 3.41. The van der Waals surface area contributed by atoms with Crippen molar-refractivity contribution in [3.05, 3.63) is 60.2 Å². The molecule has 26 heavy (non-hydrogen) atoms. The van der Waals surface area contributed by atoms with E-state index in [-0.39, 0.29) is 11.9 Å². The maximum Gasteiger partial charge on any atom is 0.270 e. The first-order valence-electron chi connectivity index (χ1n) is 9.02. The minimum atomic E-state index is 0.109. The molecule has 1 saturated heterocycles. The van der Waals surface area contributed by atoms with Crippen molar-refractivity contribution in [1.82, 2.24) is 19.6 Å². The molecule has 6 nitrogen and oxygen atoms in total. The van der Waals surface area contributed by atoms with Crippen LogP contribution in [0.4, 0.5) is 0 Å². The molecular weight excluding hydrogens is 328 g/mol. The number of carbonyl (C=O) groups is 1. The van der Waals surface area contributed by atoms with Crippen LogP contribution in [0.5, 0.6) is 0 Å². The second-order valence-corrected chi connectivity index (χ2v) is 6.72. The summed E-state index contributed by atoms with van der Waals surface area (Å²) in [4.78, 5) is 19.3. The highest BCUT2D eigenvalue weighted by atomic mass is 16.5. The van der Waals surface area contributed by atoms with Crippen molar-refractivity contribution in [3.63, 3.8) is 0 Å². The van der Waals surface area contributed by atoms with Crippen molar-refractivity contribution in [2.24, 2.45) is 7.05 Å². The van der Waals surface area contributed by atoms with Gasteiger partial charge in [0.15, 0.2) is 5.82 Å². The molecule has 3 aromatic rings. The lowest BCUT2D eigenvalue weighted by molar-refractivity contribution is 0.0720. The van der Waals surface area contributed by atoms with Crippen LogP contribution in [0, 0.1) is 0 Å². The van der Waals surface area contributed by atoms with Crippen molar-refractivity contribution in [1.29, 1.82) is 0 Å². The molecule has 1 aliphatic rings. The Balaban J connectivity index is 1.40. The standard InChI is InChI=1S/C20H22N4O2/c1-23-13-6-10-17(23)20(25)24-14-5-9-16(24)11-12-18-21-19(26-22-18)15-7-3-2-4-8-15/h2-4,6-8,10,13,16H,5,9,11-12,14H2,1H3. The van der Waals surface area contributed by atoms with E-state index in [1.54, 1.807) is 0 Å². The fraction of sp³-hybridized carbons (Fsp3) is 0.350. The zero-order valence-electron chi connectivity index (χ0n) is 14.8. The van der Waals surface area contributed by atoms with Crippen LogP contribution < -0.4 is 0 Å². The van der Waals surface area contributed by atoms with Crippen LogP contribution in [0.3, 0.4) is 0 Å². The molecule has 1 unspecified atom stereocenters. The number of carbonyl (C=O) groups excluding carboxylic acids is 1. The van der Waals surface area contributed by atoms with E-state index in [9.17, 15) is 4.79 Å². The SMILES string of the molecule is Cn1cccc1C(=O)N1CCCC1CCc1noc(-c2ccccc2)n1. The molecule has 3 heterocycles. The van der Waals surface area contributed by atoms with Gasteiger partial charge < -0.3 is 14.0 Å². The maximum atomic E-state index is 12.8. The summed E-state index contributed by atoms with van der Waals surface area (Å²) in [5.41, 5.74) is 1.66. The van der Waals surface area contributed by atoms with Crippen molar-refractivity contribution < 1.29 is 9.32 Å². The van der Waals surface area contributed by atoms with Crippen LogP contribution in [-0.4, -0.2) is 38.1 Å². The second-order valence-electron chi connectivity index (χ2n) is 6.72. The Labute approximate surface area is 152 Å². The quantitative estimate of drug-likeness (QED) is 0.708. The summed E-state index contributed by atoms with van der Waals surface area (Å²) in [7, 11) is 1.91. The van der Waals surface area contributed by atoms with Gasteiger partial charge in [-0.05, 0) is 43.5 Å². The molecule has 1 aromatic carbocycles. The van der Waals surface area contributed by atoms with E-state index < -0.39 is 0 Å². The predicted molar refractivity (Wildman–Crippen MR) is 97.5 cm³/mol. The number of hydrogen-bond acceptors (Lipinski definition) is 4. The second kappa shape index (κ2) is 7.15. The van der Waals surface area contributed by atoms with Gasteiger partial charge in [-0.3, -0.25) is 4.79 Å².